The molecule has 0 unspecified atom stereocenters. The number of nitrogens with one attached hydrogen (secondary N) is 1. The molecule has 0 aliphatic carbocycles. The molecule has 0 aliphatic rings. The first-order chi connectivity index (χ1) is 12.9. The molecule has 0 bridgehead atoms. The molecule has 140 valence electrons. The summed E-state index contributed by atoms with van der Waals surface area (Å²) in [5, 5.41) is 11.4. The Kier molecular flexibility index (Phi) is 6.13. The largest absolute Gasteiger partial charge is 0.323 e. The van der Waals surface area contributed by atoms with Crippen LogP contribution in [-0.4, -0.2) is 25.9 Å². The van der Waals surface area contributed by atoms with Gasteiger partial charge >= 0.3 is 0 Å². The molecule has 0 fully saturated rings. The van der Waals surface area contributed by atoms with E-state index in [4.69, 9.17) is 11.6 Å². The van der Waals surface area contributed by atoms with Crippen molar-refractivity contribution in [3.05, 3.63) is 70.8 Å². The first kappa shape index (κ1) is 19.4. The number of benzene rings is 2. The minimum absolute atomic E-state index is 0.0968. The number of thioether (sulfide) groups is 1. The minimum Gasteiger partial charge on any atom is -0.323 e. The van der Waals surface area contributed by atoms with Gasteiger partial charge in [-0.25, -0.2) is 4.39 Å². The van der Waals surface area contributed by atoms with Gasteiger partial charge in [0.25, 0.3) is 0 Å². The van der Waals surface area contributed by atoms with Gasteiger partial charge in [0.1, 0.15) is 11.6 Å². The highest BCUT2D eigenvalue weighted by molar-refractivity contribution is 8.00. The van der Waals surface area contributed by atoms with Crippen LogP contribution in [0.3, 0.4) is 0 Å². The van der Waals surface area contributed by atoms with Gasteiger partial charge in [0.2, 0.25) is 5.91 Å². The van der Waals surface area contributed by atoms with Crippen molar-refractivity contribution in [3.63, 3.8) is 0 Å². The Morgan fingerprint density at radius 1 is 1.26 bits per heavy atom. The van der Waals surface area contributed by atoms with Crippen LogP contribution in [0.25, 0.3) is 0 Å². The molecule has 1 heterocycles. The maximum atomic E-state index is 13.8. The normalized spacial score (nSPS) is 12.0. The molecule has 1 atom stereocenters. The molecule has 1 aromatic heterocycles. The monoisotopic (exact) mass is 404 g/mol. The topological polar surface area (TPSA) is 59.8 Å². The maximum absolute atomic E-state index is 13.8. The molecule has 0 aliphatic heterocycles. The molecule has 0 radical (unpaired) electrons. The van der Waals surface area contributed by atoms with Gasteiger partial charge in [-0.2, -0.15) is 0 Å². The second-order valence-corrected chi connectivity index (χ2v) is 7.74. The average molecular weight is 405 g/mol. The van der Waals surface area contributed by atoms with Crippen molar-refractivity contribution in [2.45, 2.75) is 23.8 Å². The third-order valence-electron chi connectivity index (χ3n) is 3.97. The Bertz CT molecular complexity index is 948. The summed E-state index contributed by atoms with van der Waals surface area (Å²) >= 11 is 6.99. The first-order valence-corrected chi connectivity index (χ1v) is 9.54. The lowest BCUT2D eigenvalue weighted by Crippen LogP contribution is -2.23. The molecular weight excluding hydrogens is 387 g/mol. The molecule has 1 N–H and O–H groups in total. The first-order valence-electron chi connectivity index (χ1n) is 8.29. The van der Waals surface area contributed by atoms with Crippen LogP contribution >= 0.6 is 23.4 Å². The maximum Gasteiger partial charge on any atom is 0.237 e. The van der Waals surface area contributed by atoms with E-state index >= 15 is 0 Å². The van der Waals surface area contributed by atoms with E-state index in [9.17, 15) is 9.18 Å². The number of anilines is 1. The summed E-state index contributed by atoms with van der Waals surface area (Å²) in [7, 11) is 1.87. The predicted molar refractivity (Wildman–Crippen MR) is 106 cm³/mol. The van der Waals surface area contributed by atoms with Crippen LogP contribution in [0.4, 0.5) is 10.1 Å². The van der Waals surface area contributed by atoms with E-state index < -0.39 is 11.1 Å². The molecule has 3 aromatic rings. The second-order valence-electron chi connectivity index (χ2n) is 5.99. The summed E-state index contributed by atoms with van der Waals surface area (Å²) in [5.41, 5.74) is 1.23. The summed E-state index contributed by atoms with van der Waals surface area (Å²) in [5.74, 6) is -0.0919. The zero-order valence-electron chi connectivity index (χ0n) is 14.8. The van der Waals surface area contributed by atoms with Gasteiger partial charge in [0, 0.05) is 18.5 Å². The van der Waals surface area contributed by atoms with Gasteiger partial charge in [-0.3, -0.25) is 4.79 Å². The Morgan fingerprint density at radius 2 is 2.00 bits per heavy atom. The van der Waals surface area contributed by atoms with Crippen LogP contribution in [0.2, 0.25) is 5.02 Å². The second kappa shape index (κ2) is 8.54. The molecule has 0 saturated heterocycles. The summed E-state index contributed by atoms with van der Waals surface area (Å²) in [4.78, 5) is 12.4. The van der Waals surface area contributed by atoms with Gasteiger partial charge in [-0.15, -0.1) is 10.2 Å². The Balaban J connectivity index is 1.65. The molecule has 27 heavy (non-hydrogen) atoms. The molecule has 1 amide bonds. The van der Waals surface area contributed by atoms with Crippen molar-refractivity contribution in [1.29, 1.82) is 0 Å². The Hall–Kier alpha value is -2.38. The zero-order chi connectivity index (χ0) is 19.4. The third-order valence-corrected chi connectivity index (χ3v) is 5.34. The van der Waals surface area contributed by atoms with Crippen LogP contribution in [0.15, 0.2) is 53.7 Å². The van der Waals surface area contributed by atoms with Gasteiger partial charge in [-0.05, 0) is 30.7 Å². The van der Waals surface area contributed by atoms with Gasteiger partial charge in [0.05, 0.1) is 10.9 Å². The van der Waals surface area contributed by atoms with E-state index in [1.165, 1.54) is 23.9 Å². The van der Waals surface area contributed by atoms with Crippen molar-refractivity contribution in [1.82, 2.24) is 14.8 Å². The fourth-order valence-electron chi connectivity index (χ4n) is 2.42. The average Bonchev–Trinajstić information content (AvgIpc) is 2.98. The quantitative estimate of drug-likeness (QED) is 0.621. The summed E-state index contributed by atoms with van der Waals surface area (Å²) < 4.78 is 15.7. The summed E-state index contributed by atoms with van der Waals surface area (Å²) in [6.45, 7) is 1.74. The Labute approximate surface area is 166 Å². The Morgan fingerprint density at radius 3 is 2.70 bits per heavy atom. The van der Waals surface area contributed by atoms with E-state index in [-0.39, 0.29) is 16.6 Å². The van der Waals surface area contributed by atoms with Gasteiger partial charge in [-0.1, -0.05) is 53.7 Å². The number of carbonyl (C=O) groups is 1. The van der Waals surface area contributed by atoms with Crippen LogP contribution < -0.4 is 5.32 Å². The van der Waals surface area contributed by atoms with E-state index in [0.29, 0.717) is 11.6 Å². The van der Waals surface area contributed by atoms with Gasteiger partial charge < -0.3 is 9.88 Å². The highest BCUT2D eigenvalue weighted by Gasteiger charge is 2.20. The lowest BCUT2D eigenvalue weighted by atomic mass is 10.1. The third kappa shape index (κ3) is 4.87. The molecule has 0 saturated carbocycles. The van der Waals surface area contributed by atoms with Crippen molar-refractivity contribution in [3.8, 4) is 0 Å². The predicted octanol–water partition coefficient (Wildman–Crippen LogP) is 4.32. The fourth-order valence-corrected chi connectivity index (χ4v) is 3.41. The number of amides is 1. The number of hydrogen-bond acceptors (Lipinski definition) is 4. The van der Waals surface area contributed by atoms with E-state index in [1.807, 2.05) is 41.9 Å². The molecule has 0 spiro atoms. The zero-order valence-corrected chi connectivity index (χ0v) is 16.4. The lowest BCUT2D eigenvalue weighted by Gasteiger charge is -2.12. The molecule has 8 heteroatoms. The molecule has 2 aromatic carbocycles. The van der Waals surface area contributed by atoms with E-state index in [0.717, 1.165) is 17.5 Å². The molecule has 3 rings (SSSR count). The highest BCUT2D eigenvalue weighted by Crippen LogP contribution is 2.25. The van der Waals surface area contributed by atoms with E-state index in [2.05, 4.69) is 15.5 Å². The van der Waals surface area contributed by atoms with Crippen LogP contribution in [0, 0.1) is 5.82 Å². The summed E-state index contributed by atoms with van der Waals surface area (Å²) in [6, 6.07) is 14.1. The standard InChI is InChI=1S/C19H18ClFN4OS/c1-12(18(26)22-16-9-8-14(20)11-15(16)21)27-19-24-23-17(25(19)2)10-13-6-4-3-5-7-13/h3-9,11-12H,10H2,1-2H3,(H,22,26)/t12-/m1/s1. The number of nitrogens with zero attached hydrogens (tertiary/aromatic N) is 3. The van der Waals surface area contributed by atoms with Crippen LogP contribution in [-0.2, 0) is 18.3 Å². The number of aromatic nitrogens is 3. The van der Waals surface area contributed by atoms with E-state index in [1.54, 1.807) is 6.92 Å². The van der Waals surface area contributed by atoms with Gasteiger partial charge in [0.15, 0.2) is 5.16 Å². The fraction of sp³-hybridized carbons (Fsp3) is 0.211. The van der Waals surface area contributed by atoms with Crippen molar-refractivity contribution < 1.29 is 9.18 Å². The molecule has 5 nitrogen and oxygen atoms in total. The SMILES string of the molecule is C[C@@H](Sc1nnc(Cc2ccccc2)n1C)C(=O)Nc1ccc(Cl)cc1F. The minimum atomic E-state index is -0.572. The molecular formula is C19H18ClFN4OS. The highest BCUT2D eigenvalue weighted by atomic mass is 35.5. The van der Waals surface area contributed by atoms with Crippen molar-refractivity contribution >= 4 is 35.0 Å². The summed E-state index contributed by atoms with van der Waals surface area (Å²) in [6.07, 6.45) is 0.654. The number of hydrogen-bond donors (Lipinski definition) is 1. The van der Waals surface area contributed by atoms with Crippen LogP contribution in [0.1, 0.15) is 18.3 Å². The lowest BCUT2D eigenvalue weighted by molar-refractivity contribution is -0.115. The number of carbonyl (C=O) groups excluding carboxylic acids is 1. The number of rotatable bonds is 6. The number of halogens is 2. The van der Waals surface area contributed by atoms with Crippen molar-refractivity contribution in [2.24, 2.45) is 7.05 Å². The van der Waals surface area contributed by atoms with Crippen LogP contribution in [0.5, 0.6) is 0 Å². The van der Waals surface area contributed by atoms with Crippen molar-refractivity contribution in [2.75, 3.05) is 5.32 Å². The smallest absolute Gasteiger partial charge is 0.237 e.